The molecule has 1 atom stereocenters. The maximum absolute atomic E-state index is 14.0. The molecule has 3 aromatic carbocycles. The molecule has 5 nitrogen and oxygen atoms in total. The van der Waals surface area contributed by atoms with E-state index in [-0.39, 0.29) is 10.3 Å². The van der Waals surface area contributed by atoms with E-state index in [1.807, 2.05) is 30.3 Å². The minimum atomic E-state index is -3.86. The zero-order valence-corrected chi connectivity index (χ0v) is 20.2. The normalized spacial score (nSPS) is 12.8. The van der Waals surface area contributed by atoms with Crippen molar-refractivity contribution in [2.45, 2.75) is 36.3 Å². The number of ether oxygens (including phenoxy) is 3. The minimum Gasteiger partial charge on any atom is -0.496 e. The van der Waals surface area contributed by atoms with Gasteiger partial charge in [0.25, 0.3) is 0 Å². The highest BCUT2D eigenvalue weighted by molar-refractivity contribution is 7.92. The Kier molecular flexibility index (Phi) is 6.84. The minimum absolute atomic E-state index is 0.0798. The summed E-state index contributed by atoms with van der Waals surface area (Å²) < 4.78 is 44.6. The highest BCUT2D eigenvalue weighted by Gasteiger charge is 2.36. The molecule has 3 rings (SSSR count). The van der Waals surface area contributed by atoms with E-state index in [2.05, 4.69) is 20.8 Å². The number of sulfone groups is 1. The van der Waals surface area contributed by atoms with Crippen LogP contribution in [-0.4, -0.2) is 29.7 Å². The Morgan fingerprint density at radius 3 is 1.72 bits per heavy atom. The molecule has 0 bridgehead atoms. The Morgan fingerprint density at radius 2 is 1.28 bits per heavy atom. The maximum atomic E-state index is 14.0. The topological polar surface area (TPSA) is 61.8 Å². The third kappa shape index (κ3) is 4.60. The van der Waals surface area contributed by atoms with Gasteiger partial charge < -0.3 is 14.2 Å². The largest absolute Gasteiger partial charge is 0.496 e. The molecule has 32 heavy (non-hydrogen) atoms. The van der Waals surface area contributed by atoms with E-state index in [1.165, 1.54) is 21.3 Å². The van der Waals surface area contributed by atoms with E-state index < -0.39 is 15.1 Å². The Hall–Kier alpha value is -2.99. The zero-order valence-electron chi connectivity index (χ0n) is 19.4. The molecule has 0 aliphatic heterocycles. The van der Waals surface area contributed by atoms with Crippen LogP contribution in [0.1, 0.15) is 42.7 Å². The molecule has 0 aliphatic rings. The second-order valence-corrected chi connectivity index (χ2v) is 10.6. The fourth-order valence-corrected chi connectivity index (χ4v) is 5.55. The SMILES string of the molecule is COc1cc(OC)c(C(c2ccccc2)S(=O)(=O)c2ccc(C(C)(C)C)cc2)c(OC)c1. The van der Waals surface area contributed by atoms with Crippen LogP contribution in [0.4, 0.5) is 0 Å². The van der Waals surface area contributed by atoms with Crippen molar-refractivity contribution < 1.29 is 22.6 Å². The fraction of sp³-hybridized carbons (Fsp3) is 0.308. The van der Waals surface area contributed by atoms with Crippen LogP contribution >= 0.6 is 0 Å². The van der Waals surface area contributed by atoms with E-state index in [0.717, 1.165) is 5.56 Å². The van der Waals surface area contributed by atoms with Crippen molar-refractivity contribution >= 4 is 9.84 Å². The van der Waals surface area contributed by atoms with Gasteiger partial charge >= 0.3 is 0 Å². The molecule has 6 heteroatoms. The predicted molar refractivity (Wildman–Crippen MR) is 127 cm³/mol. The van der Waals surface area contributed by atoms with Gasteiger partial charge in [0.2, 0.25) is 0 Å². The van der Waals surface area contributed by atoms with Crippen LogP contribution in [0.25, 0.3) is 0 Å². The van der Waals surface area contributed by atoms with Gasteiger partial charge in [0.05, 0.1) is 31.8 Å². The predicted octanol–water partition coefficient (Wildman–Crippen LogP) is 5.57. The van der Waals surface area contributed by atoms with Crippen molar-refractivity contribution in [3.05, 3.63) is 83.4 Å². The molecule has 0 aromatic heterocycles. The Balaban J connectivity index is 2.28. The molecule has 0 spiro atoms. The smallest absolute Gasteiger partial charge is 0.189 e. The highest BCUT2D eigenvalue weighted by Crippen LogP contribution is 2.46. The van der Waals surface area contributed by atoms with Gasteiger partial charge in [-0.15, -0.1) is 0 Å². The molecule has 0 saturated heterocycles. The van der Waals surface area contributed by atoms with Crippen molar-refractivity contribution in [1.29, 1.82) is 0 Å². The van der Waals surface area contributed by atoms with Crippen molar-refractivity contribution in [1.82, 2.24) is 0 Å². The van der Waals surface area contributed by atoms with E-state index in [1.54, 1.807) is 36.4 Å². The van der Waals surface area contributed by atoms with Gasteiger partial charge in [-0.25, -0.2) is 8.42 Å². The molecule has 0 radical (unpaired) electrons. The van der Waals surface area contributed by atoms with Crippen molar-refractivity contribution in [3.63, 3.8) is 0 Å². The number of methoxy groups -OCH3 is 3. The van der Waals surface area contributed by atoms with Gasteiger partial charge in [-0.2, -0.15) is 0 Å². The van der Waals surface area contributed by atoms with Gasteiger partial charge in [-0.05, 0) is 28.7 Å². The van der Waals surface area contributed by atoms with Gasteiger partial charge in [-0.1, -0.05) is 63.2 Å². The molecule has 1 unspecified atom stereocenters. The average Bonchev–Trinajstić information content (AvgIpc) is 2.79. The second kappa shape index (κ2) is 9.25. The van der Waals surface area contributed by atoms with Crippen LogP contribution in [-0.2, 0) is 15.3 Å². The van der Waals surface area contributed by atoms with Crippen molar-refractivity contribution in [3.8, 4) is 17.2 Å². The summed E-state index contributed by atoms with van der Waals surface area (Å²) in [5.41, 5.74) is 2.03. The standard InChI is InChI=1S/C26H30O5S/c1-26(2,3)19-12-14-21(15-13-19)32(27,28)25(18-10-8-7-9-11-18)24-22(30-5)16-20(29-4)17-23(24)31-6/h7-17,25H,1-6H3. The first kappa shape index (κ1) is 23.7. The van der Waals surface area contributed by atoms with Gasteiger partial charge in [0.15, 0.2) is 9.84 Å². The summed E-state index contributed by atoms with van der Waals surface area (Å²) in [7, 11) is 0.692. The van der Waals surface area contributed by atoms with E-state index in [4.69, 9.17) is 14.2 Å². The zero-order chi connectivity index (χ0) is 23.5. The molecule has 0 saturated carbocycles. The molecule has 0 amide bonds. The number of rotatable bonds is 7. The van der Waals surface area contributed by atoms with Crippen molar-refractivity contribution in [2.24, 2.45) is 0 Å². The molecule has 0 heterocycles. The third-order valence-corrected chi connectivity index (χ3v) is 7.53. The number of benzene rings is 3. The number of hydrogen-bond acceptors (Lipinski definition) is 5. The van der Waals surface area contributed by atoms with Gasteiger partial charge in [-0.3, -0.25) is 0 Å². The van der Waals surface area contributed by atoms with Crippen molar-refractivity contribution in [2.75, 3.05) is 21.3 Å². The lowest BCUT2D eigenvalue weighted by Crippen LogP contribution is -2.18. The highest BCUT2D eigenvalue weighted by atomic mass is 32.2. The molecule has 0 aliphatic carbocycles. The Labute approximate surface area is 190 Å². The molecule has 170 valence electrons. The summed E-state index contributed by atoms with van der Waals surface area (Å²) in [6.45, 7) is 6.28. The fourth-order valence-electron chi connectivity index (χ4n) is 3.70. The molecule has 0 fully saturated rings. The monoisotopic (exact) mass is 454 g/mol. The summed E-state index contributed by atoms with van der Waals surface area (Å²) in [5, 5.41) is -1.03. The van der Waals surface area contributed by atoms with Crippen LogP contribution in [0.3, 0.4) is 0 Å². The Bertz CT molecular complexity index is 1140. The van der Waals surface area contributed by atoms with E-state index in [0.29, 0.717) is 28.4 Å². The van der Waals surface area contributed by atoms with Crippen LogP contribution in [0.5, 0.6) is 17.2 Å². The quantitative estimate of drug-likeness (QED) is 0.467. The summed E-state index contributed by atoms with van der Waals surface area (Å²) in [5.74, 6) is 1.27. The van der Waals surface area contributed by atoms with E-state index >= 15 is 0 Å². The summed E-state index contributed by atoms with van der Waals surface area (Å²) in [6, 6.07) is 19.5. The van der Waals surface area contributed by atoms with Crippen LogP contribution in [0.15, 0.2) is 71.6 Å². The molecule has 0 N–H and O–H groups in total. The first-order chi connectivity index (χ1) is 15.1. The molecular weight excluding hydrogens is 424 g/mol. The lowest BCUT2D eigenvalue weighted by atomic mass is 9.87. The Morgan fingerprint density at radius 1 is 0.750 bits per heavy atom. The van der Waals surface area contributed by atoms with Gasteiger partial charge in [0.1, 0.15) is 22.5 Å². The first-order valence-corrected chi connectivity index (χ1v) is 11.9. The van der Waals surface area contributed by atoms with E-state index in [9.17, 15) is 8.42 Å². The number of hydrogen-bond donors (Lipinski definition) is 0. The lowest BCUT2D eigenvalue weighted by Gasteiger charge is -2.24. The summed E-state index contributed by atoms with van der Waals surface area (Å²) >= 11 is 0. The van der Waals surface area contributed by atoms with Crippen LogP contribution in [0.2, 0.25) is 0 Å². The average molecular weight is 455 g/mol. The van der Waals surface area contributed by atoms with Crippen LogP contribution < -0.4 is 14.2 Å². The lowest BCUT2D eigenvalue weighted by molar-refractivity contribution is 0.369. The summed E-state index contributed by atoms with van der Waals surface area (Å²) in [4.78, 5) is 0.235. The third-order valence-electron chi connectivity index (χ3n) is 5.48. The summed E-state index contributed by atoms with van der Waals surface area (Å²) in [6.07, 6.45) is 0. The maximum Gasteiger partial charge on any atom is 0.189 e. The second-order valence-electron chi connectivity index (χ2n) is 8.56. The molecular formula is C26H30O5S. The molecule has 3 aromatic rings. The van der Waals surface area contributed by atoms with Gasteiger partial charge in [0, 0.05) is 12.1 Å². The first-order valence-electron chi connectivity index (χ1n) is 10.3. The van der Waals surface area contributed by atoms with Crippen LogP contribution in [0, 0.1) is 0 Å².